The van der Waals surface area contributed by atoms with Crippen molar-refractivity contribution >= 4 is 17.8 Å². The molecular formula is C14H17N3O3. The van der Waals surface area contributed by atoms with E-state index in [0.717, 1.165) is 10.5 Å². The van der Waals surface area contributed by atoms with E-state index in [0.29, 0.717) is 0 Å². The van der Waals surface area contributed by atoms with Gasteiger partial charge in [-0.15, -0.1) is 0 Å². The van der Waals surface area contributed by atoms with Crippen LogP contribution in [0.4, 0.5) is 4.79 Å². The van der Waals surface area contributed by atoms with Gasteiger partial charge in [-0.2, -0.15) is 0 Å². The summed E-state index contributed by atoms with van der Waals surface area (Å²) < 4.78 is 0. The zero-order valence-corrected chi connectivity index (χ0v) is 11.7. The van der Waals surface area contributed by atoms with Gasteiger partial charge in [-0.3, -0.25) is 24.8 Å². The third kappa shape index (κ3) is 2.41. The normalized spacial score (nSPS) is 21.1. The van der Waals surface area contributed by atoms with Crippen molar-refractivity contribution in [1.29, 1.82) is 0 Å². The van der Waals surface area contributed by atoms with Crippen LogP contribution in [-0.4, -0.2) is 27.7 Å². The molecule has 1 aliphatic heterocycles. The van der Waals surface area contributed by atoms with E-state index in [-0.39, 0.29) is 5.92 Å². The number of barbiturate groups is 1. The molecule has 0 aliphatic carbocycles. The largest absolute Gasteiger partial charge is 0.331 e. The Bertz CT molecular complexity index is 542. The molecule has 106 valence electrons. The molecule has 6 heteroatoms. The summed E-state index contributed by atoms with van der Waals surface area (Å²) in [5.41, 5.74) is 0.743. The summed E-state index contributed by atoms with van der Waals surface area (Å²) >= 11 is 0. The molecule has 0 spiro atoms. The van der Waals surface area contributed by atoms with Gasteiger partial charge >= 0.3 is 6.03 Å². The summed E-state index contributed by atoms with van der Waals surface area (Å²) in [6.07, 6.45) is 3.22. The Morgan fingerprint density at radius 3 is 2.50 bits per heavy atom. The minimum atomic E-state index is -0.827. The maximum atomic E-state index is 12.4. The summed E-state index contributed by atoms with van der Waals surface area (Å²) in [6, 6.07) is 2.39. The van der Waals surface area contributed by atoms with Crippen LogP contribution in [0.15, 0.2) is 24.5 Å². The Kier molecular flexibility index (Phi) is 3.83. The Morgan fingerprint density at radius 2 is 1.95 bits per heavy atom. The lowest BCUT2D eigenvalue weighted by molar-refractivity contribution is -0.145. The van der Waals surface area contributed by atoms with Crippen LogP contribution in [-0.2, 0) is 9.59 Å². The molecule has 2 heterocycles. The van der Waals surface area contributed by atoms with E-state index in [2.05, 4.69) is 10.3 Å². The monoisotopic (exact) mass is 275 g/mol. The highest BCUT2D eigenvalue weighted by Gasteiger charge is 2.44. The topological polar surface area (TPSA) is 79.4 Å². The van der Waals surface area contributed by atoms with Crippen LogP contribution in [0, 0.1) is 11.8 Å². The number of nitrogens with one attached hydrogen (secondary N) is 1. The van der Waals surface area contributed by atoms with Crippen LogP contribution >= 0.6 is 0 Å². The second-order valence-corrected chi connectivity index (χ2v) is 5.19. The number of aromatic nitrogens is 1. The minimum absolute atomic E-state index is 0.167. The summed E-state index contributed by atoms with van der Waals surface area (Å²) in [4.78, 5) is 41.2. The first-order valence-electron chi connectivity index (χ1n) is 6.51. The van der Waals surface area contributed by atoms with Crippen LogP contribution < -0.4 is 5.32 Å². The Hall–Kier alpha value is -2.24. The first-order chi connectivity index (χ1) is 9.43. The molecule has 2 rings (SSSR count). The van der Waals surface area contributed by atoms with Crippen molar-refractivity contribution in [3.8, 4) is 0 Å². The fourth-order valence-corrected chi connectivity index (χ4v) is 2.33. The fraction of sp³-hybridized carbons (Fsp3) is 0.429. The highest BCUT2D eigenvalue weighted by atomic mass is 16.2. The molecule has 20 heavy (non-hydrogen) atoms. The second-order valence-electron chi connectivity index (χ2n) is 5.19. The van der Waals surface area contributed by atoms with Gasteiger partial charge in [0.2, 0.25) is 11.8 Å². The number of amides is 4. The number of nitrogens with zero attached hydrogens (tertiary/aromatic N) is 2. The zero-order valence-electron chi connectivity index (χ0n) is 11.7. The van der Waals surface area contributed by atoms with E-state index < -0.39 is 29.8 Å². The zero-order chi connectivity index (χ0) is 14.9. The van der Waals surface area contributed by atoms with Crippen molar-refractivity contribution in [3.63, 3.8) is 0 Å². The molecule has 1 aliphatic rings. The lowest BCUT2D eigenvalue weighted by Crippen LogP contribution is -2.59. The molecular weight excluding hydrogens is 258 g/mol. The summed E-state index contributed by atoms with van der Waals surface area (Å²) in [5.74, 6) is -1.97. The van der Waals surface area contributed by atoms with Crippen LogP contribution in [0.5, 0.6) is 0 Å². The van der Waals surface area contributed by atoms with Crippen molar-refractivity contribution in [2.45, 2.75) is 26.8 Å². The molecule has 2 atom stereocenters. The van der Waals surface area contributed by atoms with Crippen molar-refractivity contribution in [2.24, 2.45) is 11.8 Å². The quantitative estimate of drug-likeness (QED) is 0.848. The Labute approximate surface area is 117 Å². The van der Waals surface area contributed by atoms with Gasteiger partial charge in [0.1, 0.15) is 5.92 Å². The number of pyridine rings is 1. The van der Waals surface area contributed by atoms with E-state index in [1.165, 1.54) is 0 Å². The maximum Gasteiger partial charge on any atom is 0.331 e. The average Bonchev–Trinajstić information content (AvgIpc) is 2.38. The van der Waals surface area contributed by atoms with E-state index in [4.69, 9.17) is 0 Å². The molecule has 0 aromatic carbocycles. The number of imide groups is 2. The number of hydrogen-bond acceptors (Lipinski definition) is 4. The van der Waals surface area contributed by atoms with E-state index in [1.54, 1.807) is 45.3 Å². The smallest absolute Gasteiger partial charge is 0.277 e. The van der Waals surface area contributed by atoms with Crippen molar-refractivity contribution in [1.82, 2.24) is 15.2 Å². The lowest BCUT2D eigenvalue weighted by Gasteiger charge is -2.35. The SMILES string of the molecule is CC(C)C1C(=O)NC(=O)N(C(C)c2cccnc2)C1=O. The van der Waals surface area contributed by atoms with Crippen LogP contribution in [0.25, 0.3) is 0 Å². The molecule has 1 aromatic rings. The summed E-state index contributed by atoms with van der Waals surface area (Å²) in [7, 11) is 0. The van der Waals surface area contributed by atoms with Crippen LogP contribution in [0.1, 0.15) is 32.4 Å². The summed E-state index contributed by atoms with van der Waals surface area (Å²) in [5, 5.41) is 2.25. The van der Waals surface area contributed by atoms with Gasteiger partial charge < -0.3 is 0 Å². The first-order valence-corrected chi connectivity index (χ1v) is 6.51. The molecule has 6 nitrogen and oxygen atoms in total. The molecule has 1 aromatic heterocycles. The number of urea groups is 1. The first kappa shape index (κ1) is 14.2. The van der Waals surface area contributed by atoms with Crippen LogP contribution in [0.2, 0.25) is 0 Å². The molecule has 2 unspecified atom stereocenters. The fourth-order valence-electron chi connectivity index (χ4n) is 2.33. The molecule has 4 amide bonds. The van der Waals surface area contributed by atoms with E-state index in [9.17, 15) is 14.4 Å². The van der Waals surface area contributed by atoms with E-state index in [1.807, 2.05) is 0 Å². The van der Waals surface area contributed by atoms with E-state index >= 15 is 0 Å². The number of carbonyl (C=O) groups excluding carboxylic acids is 3. The molecule has 0 radical (unpaired) electrons. The van der Waals surface area contributed by atoms with Gasteiger partial charge in [-0.1, -0.05) is 19.9 Å². The van der Waals surface area contributed by atoms with Gasteiger partial charge in [0.05, 0.1) is 6.04 Å². The maximum absolute atomic E-state index is 12.4. The molecule has 0 saturated carbocycles. The summed E-state index contributed by atoms with van der Waals surface area (Å²) in [6.45, 7) is 5.30. The highest BCUT2D eigenvalue weighted by molar-refractivity contribution is 6.16. The number of rotatable bonds is 3. The van der Waals surface area contributed by atoms with Crippen LogP contribution in [0.3, 0.4) is 0 Å². The molecule has 1 fully saturated rings. The minimum Gasteiger partial charge on any atom is -0.277 e. The third-order valence-corrected chi connectivity index (χ3v) is 3.46. The number of hydrogen-bond donors (Lipinski definition) is 1. The van der Waals surface area contributed by atoms with Gasteiger partial charge in [0.15, 0.2) is 0 Å². The Morgan fingerprint density at radius 1 is 1.25 bits per heavy atom. The van der Waals surface area contributed by atoms with Crippen molar-refractivity contribution in [2.75, 3.05) is 0 Å². The predicted molar refractivity (Wildman–Crippen MR) is 71.4 cm³/mol. The standard InChI is InChI=1S/C14H17N3O3/c1-8(2)11-12(18)16-14(20)17(13(11)19)9(3)10-5-4-6-15-7-10/h4-9,11H,1-3H3,(H,16,18,20). The Balaban J connectivity index is 2.32. The van der Waals surface area contributed by atoms with Gasteiger partial charge in [0, 0.05) is 12.4 Å². The van der Waals surface area contributed by atoms with Gasteiger partial charge in [0.25, 0.3) is 0 Å². The third-order valence-electron chi connectivity index (χ3n) is 3.46. The van der Waals surface area contributed by atoms with Crippen molar-refractivity contribution < 1.29 is 14.4 Å². The molecule has 1 N–H and O–H groups in total. The highest BCUT2D eigenvalue weighted by Crippen LogP contribution is 2.27. The average molecular weight is 275 g/mol. The second kappa shape index (κ2) is 5.40. The lowest BCUT2D eigenvalue weighted by atomic mass is 9.91. The number of carbonyl (C=O) groups is 3. The van der Waals surface area contributed by atoms with Gasteiger partial charge in [-0.05, 0) is 24.5 Å². The predicted octanol–water partition coefficient (Wildman–Crippen LogP) is 1.49. The van der Waals surface area contributed by atoms with Crippen molar-refractivity contribution in [3.05, 3.63) is 30.1 Å². The molecule has 0 bridgehead atoms. The molecule has 1 saturated heterocycles. The van der Waals surface area contributed by atoms with Gasteiger partial charge in [-0.25, -0.2) is 4.79 Å².